The van der Waals surface area contributed by atoms with Crippen molar-refractivity contribution in [1.29, 1.82) is 0 Å². The Morgan fingerprint density at radius 1 is 1.21 bits per heavy atom. The van der Waals surface area contributed by atoms with Gasteiger partial charge in [-0.05, 0) is 53.4 Å². The van der Waals surface area contributed by atoms with Gasteiger partial charge in [-0.2, -0.15) is 0 Å². The average Bonchev–Trinajstić information content (AvgIpc) is 2.29. The molecular formula is C13H20BrNO3S. The molecule has 0 aliphatic carbocycles. The molecular weight excluding hydrogens is 330 g/mol. The molecule has 0 fully saturated rings. The number of hydrogen-bond donors (Lipinski definition) is 1. The molecule has 6 heteroatoms. The van der Waals surface area contributed by atoms with E-state index in [-0.39, 0.29) is 5.75 Å². The highest BCUT2D eigenvalue weighted by atomic mass is 79.9. The molecule has 0 aliphatic heterocycles. The van der Waals surface area contributed by atoms with Crippen LogP contribution >= 0.6 is 15.9 Å². The first-order chi connectivity index (χ1) is 8.88. The Kier molecular flexibility index (Phi) is 6.82. The lowest BCUT2D eigenvalue weighted by Gasteiger charge is -2.08. The monoisotopic (exact) mass is 349 g/mol. The van der Waals surface area contributed by atoms with Crippen molar-refractivity contribution in [2.45, 2.75) is 32.6 Å². The van der Waals surface area contributed by atoms with Crippen LogP contribution in [0.4, 0.5) is 0 Å². The number of aryl methyl sites for hydroxylation is 1. The fourth-order valence-corrected chi connectivity index (χ4v) is 2.88. The summed E-state index contributed by atoms with van der Waals surface area (Å²) in [5.74, 6) is 0.910. The van der Waals surface area contributed by atoms with Crippen LogP contribution in [0.1, 0.15) is 31.2 Å². The quantitative estimate of drug-likeness (QED) is 0.733. The fourth-order valence-electron chi connectivity index (χ4n) is 1.66. The molecule has 0 atom stereocenters. The molecule has 0 aliphatic rings. The molecule has 0 spiro atoms. The van der Waals surface area contributed by atoms with Crippen molar-refractivity contribution in [3.63, 3.8) is 0 Å². The lowest BCUT2D eigenvalue weighted by molar-refractivity contribution is 0.303. The summed E-state index contributed by atoms with van der Waals surface area (Å²) in [6.07, 6.45) is 3.33. The summed E-state index contributed by atoms with van der Waals surface area (Å²) in [6, 6.07) is 5.97. The number of sulfonamides is 1. The largest absolute Gasteiger partial charge is 0.492 e. The summed E-state index contributed by atoms with van der Waals surface area (Å²) in [4.78, 5) is 0. The predicted molar refractivity (Wildman–Crippen MR) is 80.8 cm³/mol. The highest BCUT2D eigenvalue weighted by Crippen LogP contribution is 2.25. The standard InChI is InChI=1S/C13H20BrNO3S/c1-11-6-7-13(12(14)10-11)18-8-4-2-3-5-9-19(15,16)17/h6-7,10H,2-5,8-9H2,1H3,(H2,15,16,17). The summed E-state index contributed by atoms with van der Waals surface area (Å²) in [5.41, 5.74) is 1.18. The minimum Gasteiger partial charge on any atom is -0.492 e. The number of hydrogen-bond acceptors (Lipinski definition) is 3. The Labute approximate surface area is 123 Å². The summed E-state index contributed by atoms with van der Waals surface area (Å²) in [6.45, 7) is 2.66. The molecule has 0 heterocycles. The van der Waals surface area contributed by atoms with Crippen molar-refractivity contribution in [2.24, 2.45) is 5.14 Å². The van der Waals surface area contributed by atoms with Crippen molar-refractivity contribution >= 4 is 26.0 Å². The van der Waals surface area contributed by atoms with Crippen LogP contribution in [0.3, 0.4) is 0 Å². The minimum atomic E-state index is -3.31. The molecule has 1 aromatic carbocycles. The molecule has 0 amide bonds. The van der Waals surface area contributed by atoms with Crippen LogP contribution in [0.5, 0.6) is 5.75 Å². The number of unbranched alkanes of at least 4 members (excludes halogenated alkanes) is 3. The van der Waals surface area contributed by atoms with Gasteiger partial charge in [0.05, 0.1) is 16.8 Å². The molecule has 0 unspecified atom stereocenters. The van der Waals surface area contributed by atoms with E-state index >= 15 is 0 Å². The van der Waals surface area contributed by atoms with Gasteiger partial charge in [-0.1, -0.05) is 18.9 Å². The third kappa shape index (κ3) is 7.54. The summed E-state index contributed by atoms with van der Waals surface area (Å²) in [5, 5.41) is 4.92. The fraction of sp³-hybridized carbons (Fsp3) is 0.538. The maximum Gasteiger partial charge on any atom is 0.209 e. The van der Waals surface area contributed by atoms with Crippen LogP contribution in [0.15, 0.2) is 22.7 Å². The van der Waals surface area contributed by atoms with Gasteiger partial charge in [0.2, 0.25) is 10.0 Å². The first kappa shape index (κ1) is 16.5. The first-order valence-electron chi connectivity index (χ1n) is 6.28. The third-order valence-electron chi connectivity index (χ3n) is 2.67. The van der Waals surface area contributed by atoms with Gasteiger partial charge in [0.15, 0.2) is 0 Å². The lowest BCUT2D eigenvalue weighted by atomic mass is 10.2. The molecule has 0 saturated carbocycles. The number of rotatable bonds is 8. The van der Waals surface area contributed by atoms with E-state index in [0.29, 0.717) is 13.0 Å². The topological polar surface area (TPSA) is 69.4 Å². The van der Waals surface area contributed by atoms with E-state index < -0.39 is 10.0 Å². The van der Waals surface area contributed by atoms with Crippen LogP contribution in [-0.2, 0) is 10.0 Å². The second kappa shape index (κ2) is 7.87. The molecule has 2 N–H and O–H groups in total. The highest BCUT2D eigenvalue weighted by molar-refractivity contribution is 9.10. The summed E-state index contributed by atoms with van der Waals surface area (Å²) >= 11 is 3.46. The Balaban J connectivity index is 2.14. The molecule has 1 rings (SSSR count). The second-order valence-corrected chi connectivity index (χ2v) is 7.15. The Hall–Kier alpha value is -0.590. The molecule has 1 aromatic rings. The Morgan fingerprint density at radius 2 is 1.89 bits per heavy atom. The van der Waals surface area contributed by atoms with E-state index in [0.717, 1.165) is 29.5 Å². The van der Waals surface area contributed by atoms with Crippen LogP contribution in [-0.4, -0.2) is 20.8 Å². The smallest absolute Gasteiger partial charge is 0.209 e. The number of primary sulfonamides is 1. The molecule has 4 nitrogen and oxygen atoms in total. The zero-order chi connectivity index (χ0) is 14.3. The number of benzene rings is 1. The van der Waals surface area contributed by atoms with Crippen molar-refractivity contribution < 1.29 is 13.2 Å². The maximum absolute atomic E-state index is 10.7. The SMILES string of the molecule is Cc1ccc(OCCCCCCS(N)(=O)=O)c(Br)c1. The average molecular weight is 350 g/mol. The van der Waals surface area contributed by atoms with E-state index in [9.17, 15) is 8.42 Å². The van der Waals surface area contributed by atoms with Gasteiger partial charge in [-0.3, -0.25) is 0 Å². The molecule has 19 heavy (non-hydrogen) atoms. The van der Waals surface area contributed by atoms with Gasteiger partial charge in [-0.25, -0.2) is 13.6 Å². The van der Waals surface area contributed by atoms with Crippen LogP contribution in [0.25, 0.3) is 0 Å². The van der Waals surface area contributed by atoms with Gasteiger partial charge in [0.25, 0.3) is 0 Å². The van der Waals surface area contributed by atoms with Crippen LogP contribution in [0, 0.1) is 6.92 Å². The predicted octanol–water partition coefficient (Wildman–Crippen LogP) is 2.99. The van der Waals surface area contributed by atoms with Crippen molar-refractivity contribution in [1.82, 2.24) is 0 Å². The zero-order valence-corrected chi connectivity index (χ0v) is 13.5. The molecule has 0 saturated heterocycles. The molecule has 0 bridgehead atoms. The number of ether oxygens (including phenoxy) is 1. The third-order valence-corrected chi connectivity index (χ3v) is 4.15. The first-order valence-corrected chi connectivity index (χ1v) is 8.79. The second-order valence-electron chi connectivity index (χ2n) is 4.56. The van der Waals surface area contributed by atoms with Gasteiger partial charge in [0.1, 0.15) is 5.75 Å². The Morgan fingerprint density at radius 3 is 2.53 bits per heavy atom. The number of halogens is 1. The van der Waals surface area contributed by atoms with E-state index in [1.165, 1.54) is 5.56 Å². The molecule has 108 valence electrons. The van der Waals surface area contributed by atoms with Crippen LogP contribution in [0.2, 0.25) is 0 Å². The Bertz CT molecular complexity index is 503. The van der Waals surface area contributed by atoms with E-state index in [4.69, 9.17) is 9.88 Å². The van der Waals surface area contributed by atoms with Gasteiger partial charge in [0, 0.05) is 0 Å². The van der Waals surface area contributed by atoms with E-state index in [1.54, 1.807) is 0 Å². The lowest BCUT2D eigenvalue weighted by Crippen LogP contribution is -2.16. The molecule has 0 radical (unpaired) electrons. The highest BCUT2D eigenvalue weighted by Gasteiger charge is 2.02. The van der Waals surface area contributed by atoms with Crippen molar-refractivity contribution in [3.8, 4) is 5.75 Å². The van der Waals surface area contributed by atoms with Gasteiger partial charge >= 0.3 is 0 Å². The van der Waals surface area contributed by atoms with Crippen molar-refractivity contribution in [2.75, 3.05) is 12.4 Å². The maximum atomic E-state index is 10.7. The summed E-state index contributed by atoms with van der Waals surface area (Å²) in [7, 11) is -3.31. The van der Waals surface area contributed by atoms with E-state index in [1.807, 2.05) is 25.1 Å². The van der Waals surface area contributed by atoms with Crippen LogP contribution < -0.4 is 9.88 Å². The van der Waals surface area contributed by atoms with Crippen molar-refractivity contribution in [3.05, 3.63) is 28.2 Å². The number of nitrogens with two attached hydrogens (primary N) is 1. The van der Waals surface area contributed by atoms with Gasteiger partial charge in [-0.15, -0.1) is 0 Å². The van der Waals surface area contributed by atoms with Gasteiger partial charge < -0.3 is 4.74 Å². The minimum absolute atomic E-state index is 0.0668. The summed E-state index contributed by atoms with van der Waals surface area (Å²) < 4.78 is 28.0. The zero-order valence-electron chi connectivity index (χ0n) is 11.1. The normalized spacial score (nSPS) is 11.5. The van der Waals surface area contributed by atoms with E-state index in [2.05, 4.69) is 15.9 Å². The molecule has 0 aromatic heterocycles.